The van der Waals surface area contributed by atoms with Crippen molar-refractivity contribution in [2.24, 2.45) is 11.3 Å². The first-order valence-electron chi connectivity index (χ1n) is 10.5. The quantitative estimate of drug-likeness (QED) is 0.753. The van der Waals surface area contributed by atoms with Crippen LogP contribution in [0.4, 0.5) is 0 Å². The number of amides is 2. The zero-order valence-electron chi connectivity index (χ0n) is 16.9. The van der Waals surface area contributed by atoms with E-state index in [4.69, 9.17) is 4.74 Å². The predicted octanol–water partition coefficient (Wildman–Crippen LogP) is 2.20. The minimum Gasteiger partial charge on any atom is -0.493 e. The summed E-state index contributed by atoms with van der Waals surface area (Å²) in [4.78, 5) is 26.8. The number of para-hydroxylation sites is 1. The maximum absolute atomic E-state index is 12.5. The van der Waals surface area contributed by atoms with Gasteiger partial charge in [0.05, 0.1) is 13.0 Å². The van der Waals surface area contributed by atoms with Crippen molar-refractivity contribution in [1.29, 1.82) is 0 Å². The molecule has 6 heteroatoms. The number of likely N-dealkylation sites (tertiary alicyclic amines) is 1. The van der Waals surface area contributed by atoms with Gasteiger partial charge in [-0.3, -0.25) is 9.59 Å². The Labute approximate surface area is 168 Å². The zero-order chi connectivity index (χ0) is 19.8. The molecule has 0 unspecified atom stereocenters. The van der Waals surface area contributed by atoms with E-state index in [9.17, 15) is 9.59 Å². The van der Waals surface area contributed by atoms with Crippen LogP contribution in [0.2, 0.25) is 0 Å². The zero-order valence-corrected chi connectivity index (χ0v) is 16.9. The van der Waals surface area contributed by atoms with Gasteiger partial charge in [0.1, 0.15) is 5.75 Å². The maximum atomic E-state index is 12.5. The lowest BCUT2D eigenvalue weighted by Gasteiger charge is -2.35. The number of hydrogen-bond acceptors (Lipinski definition) is 4. The largest absolute Gasteiger partial charge is 0.493 e. The van der Waals surface area contributed by atoms with Crippen LogP contribution in [-0.2, 0) is 9.59 Å². The summed E-state index contributed by atoms with van der Waals surface area (Å²) < 4.78 is 5.61. The molecule has 0 saturated carbocycles. The monoisotopic (exact) mass is 387 g/mol. The van der Waals surface area contributed by atoms with Crippen molar-refractivity contribution in [2.45, 2.75) is 39.0 Å². The lowest BCUT2D eigenvalue weighted by Crippen LogP contribution is -2.47. The van der Waals surface area contributed by atoms with E-state index in [-0.39, 0.29) is 23.1 Å². The Balaban J connectivity index is 1.34. The minimum absolute atomic E-state index is 0.0231. The van der Waals surface area contributed by atoms with E-state index in [0.717, 1.165) is 51.1 Å². The fourth-order valence-corrected chi connectivity index (χ4v) is 3.97. The summed E-state index contributed by atoms with van der Waals surface area (Å²) in [7, 11) is 0. The number of nitrogens with zero attached hydrogens (tertiary/aromatic N) is 1. The maximum Gasteiger partial charge on any atom is 0.225 e. The van der Waals surface area contributed by atoms with Gasteiger partial charge >= 0.3 is 0 Å². The molecule has 2 N–H and O–H groups in total. The molecular formula is C22H33N3O3. The molecule has 0 bridgehead atoms. The molecule has 0 atom stereocenters. The third-order valence-corrected chi connectivity index (χ3v) is 6.05. The number of nitrogens with one attached hydrogen (secondary N) is 2. The highest BCUT2D eigenvalue weighted by atomic mass is 16.5. The molecule has 0 spiro atoms. The average molecular weight is 388 g/mol. The van der Waals surface area contributed by atoms with Crippen LogP contribution in [0.3, 0.4) is 0 Å². The van der Waals surface area contributed by atoms with Crippen LogP contribution in [0.25, 0.3) is 0 Å². The molecule has 28 heavy (non-hydrogen) atoms. The van der Waals surface area contributed by atoms with Gasteiger partial charge in [0.2, 0.25) is 11.8 Å². The molecule has 2 saturated heterocycles. The van der Waals surface area contributed by atoms with Gasteiger partial charge in [-0.1, -0.05) is 25.1 Å². The fourth-order valence-electron chi connectivity index (χ4n) is 3.97. The molecule has 6 nitrogen and oxygen atoms in total. The molecule has 2 amide bonds. The molecule has 154 valence electrons. The highest BCUT2D eigenvalue weighted by Crippen LogP contribution is 2.27. The SMILES string of the molecule is CC1(CNC(=O)C2CCN(C(=O)CCOc3ccccc3)CC2)CCNCC1. The molecule has 2 aliphatic heterocycles. The van der Waals surface area contributed by atoms with Gasteiger partial charge in [0, 0.05) is 25.6 Å². The summed E-state index contributed by atoms with van der Waals surface area (Å²) >= 11 is 0. The van der Waals surface area contributed by atoms with Crippen molar-refractivity contribution in [1.82, 2.24) is 15.5 Å². The molecule has 0 radical (unpaired) electrons. The lowest BCUT2D eigenvalue weighted by molar-refractivity contribution is -0.136. The van der Waals surface area contributed by atoms with Crippen LogP contribution in [0.5, 0.6) is 5.75 Å². The Morgan fingerprint density at radius 3 is 2.54 bits per heavy atom. The number of carbonyl (C=O) groups excluding carboxylic acids is 2. The highest BCUT2D eigenvalue weighted by Gasteiger charge is 2.30. The van der Waals surface area contributed by atoms with E-state index in [1.165, 1.54) is 0 Å². The summed E-state index contributed by atoms with van der Waals surface area (Å²) in [5, 5.41) is 6.54. The van der Waals surface area contributed by atoms with Crippen molar-refractivity contribution in [3.05, 3.63) is 30.3 Å². The molecule has 2 aliphatic rings. The summed E-state index contributed by atoms with van der Waals surface area (Å²) in [6.07, 6.45) is 4.07. The van der Waals surface area contributed by atoms with E-state index in [1.54, 1.807) is 0 Å². The van der Waals surface area contributed by atoms with E-state index in [2.05, 4.69) is 17.6 Å². The van der Waals surface area contributed by atoms with Crippen molar-refractivity contribution in [2.75, 3.05) is 39.3 Å². The first kappa shape index (κ1) is 20.6. The topological polar surface area (TPSA) is 70.7 Å². The standard InChI is InChI=1S/C22H33N3O3/c1-22(10-12-23-13-11-22)17-24-21(27)18-7-14-25(15-8-18)20(26)9-16-28-19-5-3-2-4-6-19/h2-6,18,23H,7-17H2,1H3,(H,24,27). The summed E-state index contributed by atoms with van der Waals surface area (Å²) in [5.74, 6) is 1.07. The number of carbonyl (C=O) groups is 2. The second-order valence-electron chi connectivity index (χ2n) is 8.35. The minimum atomic E-state index is 0.0231. The van der Waals surface area contributed by atoms with Crippen LogP contribution in [-0.4, -0.2) is 56.0 Å². The molecule has 2 fully saturated rings. The molecule has 0 aliphatic carbocycles. The third-order valence-electron chi connectivity index (χ3n) is 6.05. The molecule has 3 rings (SSSR count). The van der Waals surface area contributed by atoms with E-state index in [1.807, 2.05) is 35.2 Å². The van der Waals surface area contributed by atoms with Crippen LogP contribution < -0.4 is 15.4 Å². The molecule has 0 aromatic heterocycles. The number of piperidine rings is 2. The van der Waals surface area contributed by atoms with Crippen LogP contribution in [0.1, 0.15) is 39.0 Å². The fraction of sp³-hybridized carbons (Fsp3) is 0.636. The van der Waals surface area contributed by atoms with E-state index >= 15 is 0 Å². The molecular weight excluding hydrogens is 354 g/mol. The normalized spacial score (nSPS) is 19.8. The number of ether oxygens (including phenoxy) is 1. The number of benzene rings is 1. The van der Waals surface area contributed by atoms with E-state index in [0.29, 0.717) is 26.1 Å². The lowest BCUT2D eigenvalue weighted by atomic mass is 9.81. The average Bonchev–Trinajstić information content (AvgIpc) is 2.73. The van der Waals surface area contributed by atoms with Crippen molar-refractivity contribution in [3.8, 4) is 5.75 Å². The predicted molar refractivity (Wildman–Crippen MR) is 109 cm³/mol. The van der Waals surface area contributed by atoms with Crippen LogP contribution in [0.15, 0.2) is 30.3 Å². The number of rotatable bonds is 7. The van der Waals surface area contributed by atoms with Gasteiger partial charge in [-0.15, -0.1) is 0 Å². The van der Waals surface area contributed by atoms with Gasteiger partial charge in [0.25, 0.3) is 0 Å². The highest BCUT2D eigenvalue weighted by molar-refractivity contribution is 5.80. The Kier molecular flexibility index (Phi) is 7.31. The first-order chi connectivity index (χ1) is 13.6. The molecule has 1 aromatic rings. The second-order valence-corrected chi connectivity index (χ2v) is 8.35. The number of hydrogen-bond donors (Lipinski definition) is 2. The summed E-state index contributed by atoms with van der Waals surface area (Å²) in [6.45, 7) is 6.77. The van der Waals surface area contributed by atoms with Gasteiger partial charge in [-0.05, 0) is 56.3 Å². The van der Waals surface area contributed by atoms with Crippen molar-refractivity contribution >= 4 is 11.8 Å². The Bertz CT molecular complexity index is 636. The molecule has 2 heterocycles. The van der Waals surface area contributed by atoms with Crippen molar-refractivity contribution < 1.29 is 14.3 Å². The van der Waals surface area contributed by atoms with E-state index < -0.39 is 0 Å². The van der Waals surface area contributed by atoms with Crippen LogP contribution in [0, 0.1) is 11.3 Å². The Hall–Kier alpha value is -2.08. The van der Waals surface area contributed by atoms with Gasteiger partial charge in [-0.25, -0.2) is 0 Å². The first-order valence-corrected chi connectivity index (χ1v) is 10.5. The van der Waals surface area contributed by atoms with Crippen LogP contribution >= 0.6 is 0 Å². The molecule has 1 aromatic carbocycles. The van der Waals surface area contributed by atoms with Gasteiger partial charge < -0.3 is 20.3 Å². The van der Waals surface area contributed by atoms with Gasteiger partial charge in [-0.2, -0.15) is 0 Å². The van der Waals surface area contributed by atoms with Crippen molar-refractivity contribution in [3.63, 3.8) is 0 Å². The third kappa shape index (κ3) is 5.96. The second kappa shape index (κ2) is 9.92. The smallest absolute Gasteiger partial charge is 0.225 e. The Morgan fingerprint density at radius 1 is 1.18 bits per heavy atom. The summed E-state index contributed by atoms with van der Waals surface area (Å²) in [6, 6.07) is 9.54. The van der Waals surface area contributed by atoms with Gasteiger partial charge in [0.15, 0.2) is 0 Å². The Morgan fingerprint density at radius 2 is 1.86 bits per heavy atom. The summed E-state index contributed by atoms with van der Waals surface area (Å²) in [5.41, 5.74) is 0.205.